The average molecular weight is 200 g/mol. The second-order valence-corrected chi connectivity index (χ2v) is 3.52. The Balaban J connectivity index is 2.42. The lowest BCUT2D eigenvalue weighted by Crippen LogP contribution is -2.10. The Morgan fingerprint density at radius 2 is 1.33 bits per heavy atom. The molecule has 0 aliphatic heterocycles. The van der Waals surface area contributed by atoms with Gasteiger partial charge in [-0.25, -0.2) is 0 Å². The van der Waals surface area contributed by atoms with Crippen molar-refractivity contribution in [1.29, 1.82) is 0 Å². The van der Waals surface area contributed by atoms with E-state index in [-0.39, 0.29) is 11.1 Å². The zero-order chi connectivity index (χ0) is 10.5. The Labute approximate surface area is 86.2 Å². The molecule has 0 atom stereocenters. The van der Waals surface area contributed by atoms with Crippen molar-refractivity contribution in [3.63, 3.8) is 0 Å². The maximum atomic E-state index is 13.9. The average Bonchev–Trinajstić information content (AvgIpc) is 2.51. The van der Waals surface area contributed by atoms with Crippen molar-refractivity contribution < 1.29 is 8.78 Å². The van der Waals surface area contributed by atoms with Crippen LogP contribution in [0.5, 0.6) is 0 Å². The molecule has 2 aromatic carbocycles. The number of fused-ring (bicyclic) bond motifs is 3. The molecular weight excluding hydrogens is 194 g/mol. The minimum absolute atomic E-state index is 0.0413. The molecule has 72 valence electrons. The van der Waals surface area contributed by atoms with E-state index in [2.05, 4.69) is 12.1 Å². The van der Waals surface area contributed by atoms with Gasteiger partial charge in [-0.15, -0.1) is 0 Å². The van der Waals surface area contributed by atoms with Gasteiger partial charge in [0.25, 0.3) is 5.92 Å². The molecule has 0 nitrogen and oxygen atoms in total. The number of benzene rings is 2. The first kappa shape index (κ1) is 8.60. The highest BCUT2D eigenvalue weighted by molar-refractivity contribution is 5.78. The van der Waals surface area contributed by atoms with Gasteiger partial charge in [0.05, 0.1) is 0 Å². The molecule has 2 aromatic rings. The lowest BCUT2D eigenvalue weighted by molar-refractivity contribution is 0.0480. The summed E-state index contributed by atoms with van der Waals surface area (Å²) in [6.07, 6.45) is 0. The molecule has 15 heavy (non-hydrogen) atoms. The molecule has 1 aliphatic rings. The van der Waals surface area contributed by atoms with E-state index in [4.69, 9.17) is 0 Å². The van der Waals surface area contributed by atoms with Gasteiger partial charge in [-0.05, 0) is 35.4 Å². The van der Waals surface area contributed by atoms with Crippen molar-refractivity contribution in [3.8, 4) is 11.1 Å². The maximum absolute atomic E-state index is 13.9. The van der Waals surface area contributed by atoms with Crippen LogP contribution < -0.4 is 0 Å². The summed E-state index contributed by atoms with van der Waals surface area (Å²) in [6.45, 7) is 0. The molecule has 3 rings (SSSR count). The van der Waals surface area contributed by atoms with Gasteiger partial charge >= 0.3 is 0 Å². The number of halogens is 2. The second kappa shape index (κ2) is 2.66. The molecule has 2 radical (unpaired) electrons. The standard InChI is InChI=1S/C13H6F2/c14-13(15)11-7-3-1-5-9(11)10-6-2-4-8-12(10)13/h1-2,5-8H. The predicted molar refractivity (Wildman–Crippen MR) is 52.5 cm³/mol. The van der Waals surface area contributed by atoms with Crippen molar-refractivity contribution in [2.24, 2.45) is 0 Å². The molecule has 0 saturated carbocycles. The normalized spacial score (nSPS) is 15.9. The zero-order valence-electron chi connectivity index (χ0n) is 7.72. The largest absolute Gasteiger partial charge is 0.299 e. The molecule has 0 spiro atoms. The van der Waals surface area contributed by atoms with Gasteiger partial charge in [0.15, 0.2) is 0 Å². The molecule has 0 bridgehead atoms. The van der Waals surface area contributed by atoms with Gasteiger partial charge < -0.3 is 0 Å². The highest BCUT2D eigenvalue weighted by Gasteiger charge is 2.43. The predicted octanol–water partition coefficient (Wildman–Crippen LogP) is 3.41. The number of alkyl halides is 2. The third-order valence-corrected chi connectivity index (χ3v) is 2.69. The fourth-order valence-corrected chi connectivity index (χ4v) is 2.00. The third kappa shape index (κ3) is 0.990. The summed E-state index contributed by atoms with van der Waals surface area (Å²) < 4.78 is 27.8. The highest BCUT2D eigenvalue weighted by Crippen LogP contribution is 2.50. The van der Waals surface area contributed by atoms with Crippen LogP contribution in [0.1, 0.15) is 11.1 Å². The second-order valence-electron chi connectivity index (χ2n) is 3.52. The Kier molecular flexibility index (Phi) is 1.52. The van der Waals surface area contributed by atoms with Gasteiger partial charge in [0.2, 0.25) is 0 Å². The zero-order valence-corrected chi connectivity index (χ0v) is 7.72. The summed E-state index contributed by atoms with van der Waals surface area (Å²) in [5.74, 6) is -2.90. The van der Waals surface area contributed by atoms with E-state index >= 15 is 0 Å². The Morgan fingerprint density at radius 1 is 0.867 bits per heavy atom. The Bertz CT molecular complexity index is 482. The first-order chi connectivity index (χ1) is 7.21. The van der Waals surface area contributed by atoms with Crippen molar-refractivity contribution >= 4 is 0 Å². The van der Waals surface area contributed by atoms with E-state index in [0.29, 0.717) is 11.1 Å². The molecule has 0 unspecified atom stereocenters. The smallest absolute Gasteiger partial charge is 0.196 e. The molecule has 0 amide bonds. The quantitative estimate of drug-likeness (QED) is 0.611. The van der Waals surface area contributed by atoms with Crippen molar-refractivity contribution in [1.82, 2.24) is 0 Å². The molecule has 0 aromatic heterocycles. The number of hydrogen-bond acceptors (Lipinski definition) is 0. The Morgan fingerprint density at radius 3 is 1.80 bits per heavy atom. The van der Waals surface area contributed by atoms with Crippen molar-refractivity contribution in [2.45, 2.75) is 5.92 Å². The monoisotopic (exact) mass is 200 g/mol. The van der Waals surface area contributed by atoms with Gasteiger partial charge in [0.1, 0.15) is 0 Å². The third-order valence-electron chi connectivity index (χ3n) is 2.69. The van der Waals surface area contributed by atoms with Crippen LogP contribution in [0.4, 0.5) is 8.78 Å². The number of rotatable bonds is 0. The van der Waals surface area contributed by atoms with Crippen LogP contribution in [0.3, 0.4) is 0 Å². The molecule has 0 heterocycles. The van der Waals surface area contributed by atoms with Crippen LogP contribution >= 0.6 is 0 Å². The molecular formula is C13H6F2. The SMILES string of the molecule is FC1(F)c2c[c]ccc2-c2cc[c]cc21. The van der Waals surface area contributed by atoms with Crippen LogP contribution in [0.15, 0.2) is 36.4 Å². The molecule has 2 heteroatoms. The number of hydrogen-bond donors (Lipinski definition) is 0. The van der Waals surface area contributed by atoms with E-state index in [9.17, 15) is 8.78 Å². The molecule has 0 N–H and O–H groups in total. The van der Waals surface area contributed by atoms with Gasteiger partial charge in [-0.1, -0.05) is 24.3 Å². The van der Waals surface area contributed by atoms with Crippen molar-refractivity contribution in [3.05, 3.63) is 59.7 Å². The summed E-state index contributed by atoms with van der Waals surface area (Å²) in [7, 11) is 0. The Hall–Kier alpha value is -1.70. The highest BCUT2D eigenvalue weighted by atomic mass is 19.3. The van der Waals surface area contributed by atoms with Crippen LogP contribution in [0.2, 0.25) is 0 Å². The van der Waals surface area contributed by atoms with Crippen LogP contribution in [-0.2, 0) is 5.92 Å². The van der Waals surface area contributed by atoms with Gasteiger partial charge in [-0.3, -0.25) is 0 Å². The van der Waals surface area contributed by atoms with E-state index in [1.165, 1.54) is 12.1 Å². The van der Waals surface area contributed by atoms with E-state index in [1.54, 1.807) is 24.3 Å². The van der Waals surface area contributed by atoms with Crippen LogP contribution in [0.25, 0.3) is 11.1 Å². The van der Waals surface area contributed by atoms with Gasteiger partial charge in [0, 0.05) is 11.1 Å². The van der Waals surface area contributed by atoms with Crippen LogP contribution in [-0.4, -0.2) is 0 Å². The summed E-state index contributed by atoms with van der Waals surface area (Å²) in [5.41, 5.74) is 1.28. The lowest BCUT2D eigenvalue weighted by Gasteiger charge is -2.10. The fourth-order valence-electron chi connectivity index (χ4n) is 2.00. The lowest BCUT2D eigenvalue weighted by atomic mass is 10.1. The minimum Gasteiger partial charge on any atom is -0.196 e. The van der Waals surface area contributed by atoms with E-state index < -0.39 is 5.92 Å². The summed E-state index contributed by atoms with van der Waals surface area (Å²) in [5, 5.41) is 0. The summed E-state index contributed by atoms with van der Waals surface area (Å²) in [6, 6.07) is 14.8. The van der Waals surface area contributed by atoms with E-state index in [1.807, 2.05) is 0 Å². The van der Waals surface area contributed by atoms with Crippen molar-refractivity contribution in [2.75, 3.05) is 0 Å². The molecule has 1 aliphatic carbocycles. The van der Waals surface area contributed by atoms with Crippen LogP contribution in [0, 0.1) is 12.1 Å². The summed E-state index contributed by atoms with van der Waals surface area (Å²) in [4.78, 5) is 0. The van der Waals surface area contributed by atoms with E-state index in [0.717, 1.165) is 0 Å². The molecule has 0 saturated heterocycles. The van der Waals surface area contributed by atoms with Gasteiger partial charge in [-0.2, -0.15) is 8.78 Å². The summed E-state index contributed by atoms with van der Waals surface area (Å²) >= 11 is 0. The first-order valence-electron chi connectivity index (χ1n) is 4.60. The first-order valence-corrected chi connectivity index (χ1v) is 4.60. The fraction of sp³-hybridized carbons (Fsp3) is 0.0769. The minimum atomic E-state index is -2.90. The topological polar surface area (TPSA) is 0 Å². The molecule has 0 fully saturated rings. The maximum Gasteiger partial charge on any atom is 0.299 e.